The second-order valence-electron chi connectivity index (χ2n) is 3.75. The summed E-state index contributed by atoms with van der Waals surface area (Å²) < 4.78 is 0. The maximum Gasteiger partial charge on any atom is 0.222 e. The van der Waals surface area contributed by atoms with Crippen molar-refractivity contribution in [2.24, 2.45) is 11.8 Å². The molecule has 1 amide bonds. The van der Waals surface area contributed by atoms with Crippen LogP contribution in [0.5, 0.6) is 0 Å². The Morgan fingerprint density at radius 2 is 2.17 bits per heavy atom. The molecule has 1 N–H and O–H groups in total. The number of carbonyl (C=O) groups excluding carboxylic acids is 1. The molecule has 0 aromatic carbocycles. The summed E-state index contributed by atoms with van der Waals surface area (Å²) in [5.74, 6) is 1.06. The molecule has 0 saturated heterocycles. The highest BCUT2D eigenvalue weighted by Crippen LogP contribution is 2.36. The Morgan fingerprint density at radius 3 is 2.58 bits per heavy atom. The van der Waals surface area contributed by atoms with Gasteiger partial charge in [-0.15, -0.1) is 0 Å². The lowest BCUT2D eigenvalue weighted by molar-refractivity contribution is -0.123. The smallest absolute Gasteiger partial charge is 0.222 e. The molecule has 1 unspecified atom stereocenters. The lowest BCUT2D eigenvalue weighted by Gasteiger charge is -2.11. The van der Waals surface area contributed by atoms with E-state index in [1.54, 1.807) is 0 Å². The Morgan fingerprint density at radius 1 is 1.58 bits per heavy atom. The monoisotopic (exact) mass is 233 g/mol. The third kappa shape index (κ3) is 3.13. The maximum atomic E-state index is 11.2. The number of hydrogen-bond acceptors (Lipinski definition) is 1. The molecule has 1 fully saturated rings. The van der Waals surface area contributed by atoms with E-state index >= 15 is 0 Å². The molecule has 0 radical (unpaired) electrons. The average Bonchev–Trinajstić information content (AvgIpc) is 2.81. The summed E-state index contributed by atoms with van der Waals surface area (Å²) in [5.41, 5.74) is 0. The quantitative estimate of drug-likeness (QED) is 0.740. The van der Waals surface area contributed by atoms with E-state index in [1.807, 2.05) is 13.8 Å². The van der Waals surface area contributed by atoms with Crippen molar-refractivity contribution in [2.45, 2.75) is 31.5 Å². The van der Waals surface area contributed by atoms with E-state index in [0.29, 0.717) is 4.83 Å². The minimum Gasteiger partial charge on any atom is -0.355 e. The number of alkyl halides is 1. The SMILES string of the molecule is CC(C)C(=O)NCC(Br)C1CC1. The van der Waals surface area contributed by atoms with Crippen molar-refractivity contribution in [1.29, 1.82) is 0 Å². The molecule has 0 aromatic rings. The third-order valence-electron chi connectivity index (χ3n) is 2.13. The van der Waals surface area contributed by atoms with E-state index in [-0.39, 0.29) is 11.8 Å². The standard InChI is InChI=1S/C9H16BrNO/c1-6(2)9(12)11-5-8(10)7-3-4-7/h6-8H,3-5H2,1-2H3,(H,11,12). The number of rotatable bonds is 4. The number of carbonyl (C=O) groups is 1. The molecule has 12 heavy (non-hydrogen) atoms. The van der Waals surface area contributed by atoms with Gasteiger partial charge in [0.25, 0.3) is 0 Å². The predicted molar refractivity (Wildman–Crippen MR) is 53.3 cm³/mol. The van der Waals surface area contributed by atoms with Crippen molar-refractivity contribution in [1.82, 2.24) is 5.32 Å². The summed E-state index contributed by atoms with van der Waals surface area (Å²) in [5, 5.41) is 2.92. The van der Waals surface area contributed by atoms with E-state index in [9.17, 15) is 4.79 Å². The van der Waals surface area contributed by atoms with Gasteiger partial charge in [0.15, 0.2) is 0 Å². The van der Waals surface area contributed by atoms with Gasteiger partial charge in [0.05, 0.1) is 0 Å². The van der Waals surface area contributed by atoms with Crippen LogP contribution >= 0.6 is 15.9 Å². The molecule has 1 saturated carbocycles. The summed E-state index contributed by atoms with van der Waals surface area (Å²) >= 11 is 3.57. The van der Waals surface area contributed by atoms with E-state index in [0.717, 1.165) is 12.5 Å². The molecule has 3 heteroatoms. The third-order valence-corrected chi connectivity index (χ3v) is 3.20. The van der Waals surface area contributed by atoms with Gasteiger partial charge in [0, 0.05) is 17.3 Å². The second-order valence-corrected chi connectivity index (χ2v) is 4.93. The maximum absolute atomic E-state index is 11.2. The van der Waals surface area contributed by atoms with Crippen LogP contribution in [0.1, 0.15) is 26.7 Å². The molecule has 1 aliphatic rings. The van der Waals surface area contributed by atoms with Crippen LogP contribution < -0.4 is 5.32 Å². The van der Waals surface area contributed by atoms with Crippen LogP contribution in [0.15, 0.2) is 0 Å². The second kappa shape index (κ2) is 4.26. The van der Waals surface area contributed by atoms with E-state index in [4.69, 9.17) is 0 Å². The van der Waals surface area contributed by atoms with Crippen LogP contribution in [0.25, 0.3) is 0 Å². The Kier molecular flexibility index (Phi) is 3.56. The normalized spacial score (nSPS) is 19.3. The van der Waals surface area contributed by atoms with Crippen molar-refractivity contribution in [3.63, 3.8) is 0 Å². The number of nitrogens with one attached hydrogen (secondary N) is 1. The van der Waals surface area contributed by atoms with Gasteiger partial charge in [-0.2, -0.15) is 0 Å². The highest BCUT2D eigenvalue weighted by molar-refractivity contribution is 9.09. The van der Waals surface area contributed by atoms with Crippen LogP contribution in [0, 0.1) is 11.8 Å². The van der Waals surface area contributed by atoms with E-state index in [1.165, 1.54) is 12.8 Å². The minimum atomic E-state index is 0.101. The highest BCUT2D eigenvalue weighted by Gasteiger charge is 2.29. The van der Waals surface area contributed by atoms with Gasteiger partial charge in [0.2, 0.25) is 5.91 Å². The van der Waals surface area contributed by atoms with Crippen molar-refractivity contribution in [2.75, 3.05) is 6.54 Å². The first-order valence-electron chi connectivity index (χ1n) is 4.53. The van der Waals surface area contributed by atoms with Crippen LogP contribution in [-0.4, -0.2) is 17.3 Å². The largest absolute Gasteiger partial charge is 0.355 e. The molecule has 0 spiro atoms. The summed E-state index contributed by atoms with van der Waals surface area (Å²) in [6, 6.07) is 0. The van der Waals surface area contributed by atoms with Gasteiger partial charge in [-0.05, 0) is 18.8 Å². The zero-order valence-electron chi connectivity index (χ0n) is 7.64. The number of amides is 1. The van der Waals surface area contributed by atoms with Gasteiger partial charge in [-0.3, -0.25) is 4.79 Å². The van der Waals surface area contributed by atoms with E-state index in [2.05, 4.69) is 21.2 Å². The molecule has 2 nitrogen and oxygen atoms in total. The molecule has 70 valence electrons. The number of hydrogen-bond donors (Lipinski definition) is 1. The molecule has 1 aliphatic carbocycles. The molecular formula is C9H16BrNO. The fourth-order valence-corrected chi connectivity index (χ4v) is 1.72. The summed E-state index contributed by atoms with van der Waals surface area (Å²) in [4.78, 5) is 11.6. The van der Waals surface area contributed by atoms with Crippen LogP contribution in [-0.2, 0) is 4.79 Å². The van der Waals surface area contributed by atoms with Crippen molar-refractivity contribution < 1.29 is 4.79 Å². The molecule has 0 aliphatic heterocycles. The lowest BCUT2D eigenvalue weighted by atomic mass is 10.2. The summed E-state index contributed by atoms with van der Waals surface area (Å²) in [6.07, 6.45) is 2.63. The van der Waals surface area contributed by atoms with Crippen molar-refractivity contribution in [3.8, 4) is 0 Å². The molecular weight excluding hydrogens is 218 g/mol. The Hall–Kier alpha value is -0.0500. The number of halogens is 1. The Balaban J connectivity index is 2.11. The van der Waals surface area contributed by atoms with Gasteiger partial charge >= 0.3 is 0 Å². The van der Waals surface area contributed by atoms with Gasteiger partial charge < -0.3 is 5.32 Å². The Bertz CT molecular complexity index is 166. The topological polar surface area (TPSA) is 29.1 Å². The van der Waals surface area contributed by atoms with Crippen molar-refractivity contribution >= 4 is 21.8 Å². The first-order chi connectivity index (χ1) is 5.61. The minimum absolute atomic E-state index is 0.101. The molecule has 1 rings (SSSR count). The fourth-order valence-electron chi connectivity index (χ4n) is 1.03. The Labute approximate surface area is 82.2 Å². The zero-order chi connectivity index (χ0) is 9.14. The summed E-state index contributed by atoms with van der Waals surface area (Å²) in [6.45, 7) is 4.60. The summed E-state index contributed by atoms with van der Waals surface area (Å²) in [7, 11) is 0. The fraction of sp³-hybridized carbons (Fsp3) is 0.889. The molecule has 0 aromatic heterocycles. The van der Waals surface area contributed by atoms with Gasteiger partial charge in [0.1, 0.15) is 0 Å². The highest BCUT2D eigenvalue weighted by atomic mass is 79.9. The van der Waals surface area contributed by atoms with Gasteiger partial charge in [-0.25, -0.2) is 0 Å². The first kappa shape index (κ1) is 10.0. The van der Waals surface area contributed by atoms with Crippen molar-refractivity contribution in [3.05, 3.63) is 0 Å². The average molecular weight is 234 g/mol. The van der Waals surface area contributed by atoms with Crippen LogP contribution in [0.2, 0.25) is 0 Å². The molecule has 1 atom stereocenters. The zero-order valence-corrected chi connectivity index (χ0v) is 9.23. The lowest BCUT2D eigenvalue weighted by Crippen LogP contribution is -2.33. The first-order valence-corrected chi connectivity index (χ1v) is 5.44. The van der Waals surface area contributed by atoms with Crippen LogP contribution in [0.4, 0.5) is 0 Å². The van der Waals surface area contributed by atoms with E-state index < -0.39 is 0 Å². The van der Waals surface area contributed by atoms with Gasteiger partial charge in [-0.1, -0.05) is 29.8 Å². The van der Waals surface area contributed by atoms with Crippen LogP contribution in [0.3, 0.4) is 0 Å². The molecule has 0 heterocycles. The predicted octanol–water partition coefficient (Wildman–Crippen LogP) is 1.93. The molecule has 0 bridgehead atoms.